The summed E-state index contributed by atoms with van der Waals surface area (Å²) in [5, 5.41) is 3.29. The molecule has 1 aromatic rings. The van der Waals surface area contributed by atoms with Gasteiger partial charge in [-0.15, -0.1) is 0 Å². The summed E-state index contributed by atoms with van der Waals surface area (Å²) >= 11 is 0. The van der Waals surface area contributed by atoms with Crippen molar-refractivity contribution in [3.63, 3.8) is 0 Å². The first kappa shape index (κ1) is 9.84. The molecule has 0 spiro atoms. The average molecular weight is 220 g/mol. The molecular formula is C11H16N4O. The van der Waals surface area contributed by atoms with Gasteiger partial charge in [-0.3, -0.25) is 9.78 Å². The first-order valence-electron chi connectivity index (χ1n) is 5.90. The molecule has 1 aliphatic carbocycles. The fraction of sp³-hybridized carbons (Fsp3) is 0.636. The van der Waals surface area contributed by atoms with Gasteiger partial charge in [0.05, 0.1) is 5.69 Å². The molecule has 0 atom stereocenters. The monoisotopic (exact) mass is 220 g/mol. The van der Waals surface area contributed by atoms with Crippen molar-refractivity contribution in [3.05, 3.63) is 22.1 Å². The molecule has 2 N–H and O–H groups in total. The van der Waals surface area contributed by atoms with Crippen molar-refractivity contribution in [2.75, 3.05) is 31.1 Å². The molecule has 5 nitrogen and oxygen atoms in total. The van der Waals surface area contributed by atoms with Crippen molar-refractivity contribution in [2.45, 2.75) is 18.8 Å². The summed E-state index contributed by atoms with van der Waals surface area (Å²) in [7, 11) is 0. The molecule has 5 heteroatoms. The Labute approximate surface area is 93.9 Å². The fourth-order valence-corrected chi connectivity index (χ4v) is 2.08. The minimum Gasteiger partial charge on any atom is -0.340 e. The number of hydrogen-bond donors (Lipinski definition) is 2. The van der Waals surface area contributed by atoms with Crippen LogP contribution < -0.4 is 15.8 Å². The van der Waals surface area contributed by atoms with E-state index in [-0.39, 0.29) is 5.56 Å². The third-order valence-corrected chi connectivity index (χ3v) is 3.16. The van der Waals surface area contributed by atoms with Crippen molar-refractivity contribution in [3.8, 4) is 0 Å². The number of hydrogen-bond acceptors (Lipinski definition) is 4. The normalized spacial score (nSPS) is 21.1. The van der Waals surface area contributed by atoms with Gasteiger partial charge in [0.1, 0.15) is 0 Å². The van der Waals surface area contributed by atoms with Crippen LogP contribution in [0, 0.1) is 0 Å². The van der Waals surface area contributed by atoms with Crippen LogP contribution >= 0.6 is 0 Å². The van der Waals surface area contributed by atoms with E-state index in [2.05, 4.69) is 20.2 Å². The topological polar surface area (TPSA) is 61.0 Å². The van der Waals surface area contributed by atoms with E-state index in [1.807, 2.05) is 0 Å². The Balaban J connectivity index is 1.89. The molecule has 16 heavy (non-hydrogen) atoms. The lowest BCUT2D eigenvalue weighted by Crippen LogP contribution is -2.44. The number of rotatable bonds is 2. The Kier molecular flexibility index (Phi) is 2.40. The molecule has 1 aliphatic heterocycles. The Bertz CT molecular complexity index is 432. The molecule has 86 valence electrons. The zero-order valence-electron chi connectivity index (χ0n) is 9.20. The van der Waals surface area contributed by atoms with Gasteiger partial charge in [-0.05, 0) is 12.8 Å². The second-order valence-corrected chi connectivity index (χ2v) is 4.51. The first-order chi connectivity index (χ1) is 7.83. The maximum absolute atomic E-state index is 11.5. The van der Waals surface area contributed by atoms with Gasteiger partial charge in [0.25, 0.3) is 5.56 Å². The summed E-state index contributed by atoms with van der Waals surface area (Å²) in [5.41, 5.74) is 0.947. The van der Waals surface area contributed by atoms with Crippen LogP contribution in [-0.4, -0.2) is 36.1 Å². The highest BCUT2D eigenvalue weighted by Crippen LogP contribution is 2.38. The SMILES string of the molecule is O=c1cc(C2CC2)nc(N2CCNCC2)[nH]1. The van der Waals surface area contributed by atoms with Crippen LogP contribution in [0.25, 0.3) is 0 Å². The van der Waals surface area contributed by atoms with Gasteiger partial charge in [-0.25, -0.2) is 4.98 Å². The van der Waals surface area contributed by atoms with E-state index < -0.39 is 0 Å². The molecular weight excluding hydrogens is 204 g/mol. The Hall–Kier alpha value is -1.36. The minimum absolute atomic E-state index is 0.0227. The highest BCUT2D eigenvalue weighted by atomic mass is 16.1. The number of H-pyrrole nitrogens is 1. The third-order valence-electron chi connectivity index (χ3n) is 3.16. The smallest absolute Gasteiger partial charge is 0.252 e. The van der Waals surface area contributed by atoms with Crippen LogP contribution in [0.5, 0.6) is 0 Å². The zero-order valence-corrected chi connectivity index (χ0v) is 9.20. The molecule has 3 rings (SSSR count). The van der Waals surface area contributed by atoms with Crippen molar-refractivity contribution in [2.24, 2.45) is 0 Å². The predicted octanol–water partition coefficient (Wildman–Crippen LogP) is 0.0569. The van der Waals surface area contributed by atoms with E-state index in [1.165, 1.54) is 12.8 Å². The third kappa shape index (κ3) is 1.95. The van der Waals surface area contributed by atoms with Crippen LogP contribution in [0.1, 0.15) is 24.5 Å². The minimum atomic E-state index is -0.0227. The Morgan fingerprint density at radius 1 is 1.31 bits per heavy atom. The Morgan fingerprint density at radius 3 is 2.75 bits per heavy atom. The molecule has 1 saturated heterocycles. The van der Waals surface area contributed by atoms with Crippen LogP contribution in [0.3, 0.4) is 0 Å². The van der Waals surface area contributed by atoms with Crippen LogP contribution in [-0.2, 0) is 0 Å². The van der Waals surface area contributed by atoms with Crippen molar-refractivity contribution < 1.29 is 0 Å². The number of anilines is 1. The predicted molar refractivity (Wildman–Crippen MR) is 61.9 cm³/mol. The molecule has 0 unspecified atom stereocenters. The molecule has 2 fully saturated rings. The van der Waals surface area contributed by atoms with Crippen LogP contribution in [0.4, 0.5) is 5.95 Å². The molecule has 0 radical (unpaired) electrons. The summed E-state index contributed by atoms with van der Waals surface area (Å²) in [6.07, 6.45) is 2.36. The number of piperazine rings is 1. The molecule has 1 aromatic heterocycles. The number of aromatic nitrogens is 2. The first-order valence-corrected chi connectivity index (χ1v) is 5.90. The molecule has 2 heterocycles. The van der Waals surface area contributed by atoms with Gasteiger partial charge < -0.3 is 10.2 Å². The Morgan fingerprint density at radius 2 is 2.06 bits per heavy atom. The number of aromatic amines is 1. The van der Waals surface area contributed by atoms with E-state index >= 15 is 0 Å². The maximum Gasteiger partial charge on any atom is 0.252 e. The molecule has 0 bridgehead atoms. The van der Waals surface area contributed by atoms with E-state index in [0.717, 1.165) is 37.8 Å². The van der Waals surface area contributed by atoms with Crippen molar-refractivity contribution in [1.82, 2.24) is 15.3 Å². The van der Waals surface area contributed by atoms with E-state index in [4.69, 9.17) is 0 Å². The van der Waals surface area contributed by atoms with Crippen molar-refractivity contribution >= 4 is 5.95 Å². The molecule has 0 amide bonds. The van der Waals surface area contributed by atoms with E-state index in [9.17, 15) is 4.79 Å². The zero-order chi connectivity index (χ0) is 11.0. The summed E-state index contributed by atoms with van der Waals surface area (Å²) in [4.78, 5) is 21.1. The number of nitrogens with zero attached hydrogens (tertiary/aromatic N) is 2. The lowest BCUT2D eigenvalue weighted by Gasteiger charge is -2.27. The standard InChI is InChI=1S/C11H16N4O/c16-10-7-9(8-1-2-8)13-11(14-10)15-5-3-12-4-6-15/h7-8,12H,1-6H2,(H,13,14,16). The second-order valence-electron chi connectivity index (χ2n) is 4.51. The lowest BCUT2D eigenvalue weighted by molar-refractivity contribution is 0.578. The largest absolute Gasteiger partial charge is 0.340 e. The molecule has 1 saturated carbocycles. The summed E-state index contributed by atoms with van der Waals surface area (Å²) in [6, 6.07) is 1.64. The quantitative estimate of drug-likeness (QED) is 0.739. The van der Waals surface area contributed by atoms with Gasteiger partial charge in [0, 0.05) is 38.2 Å². The highest BCUT2D eigenvalue weighted by molar-refractivity contribution is 5.32. The van der Waals surface area contributed by atoms with Crippen molar-refractivity contribution in [1.29, 1.82) is 0 Å². The van der Waals surface area contributed by atoms with Gasteiger partial charge in [-0.2, -0.15) is 0 Å². The van der Waals surface area contributed by atoms with Gasteiger partial charge in [-0.1, -0.05) is 0 Å². The van der Waals surface area contributed by atoms with E-state index in [1.54, 1.807) is 6.07 Å². The second kappa shape index (κ2) is 3.90. The highest BCUT2D eigenvalue weighted by Gasteiger charge is 2.26. The summed E-state index contributed by atoms with van der Waals surface area (Å²) < 4.78 is 0. The van der Waals surface area contributed by atoms with E-state index in [0.29, 0.717) is 5.92 Å². The molecule has 0 aromatic carbocycles. The van der Waals surface area contributed by atoms with Crippen LogP contribution in [0.2, 0.25) is 0 Å². The number of nitrogens with one attached hydrogen (secondary N) is 2. The summed E-state index contributed by atoms with van der Waals surface area (Å²) in [5.74, 6) is 1.28. The average Bonchev–Trinajstić information content (AvgIpc) is 3.13. The van der Waals surface area contributed by atoms with Gasteiger partial charge in [0.2, 0.25) is 5.95 Å². The lowest BCUT2D eigenvalue weighted by atomic mass is 10.3. The van der Waals surface area contributed by atoms with Gasteiger partial charge >= 0.3 is 0 Å². The van der Waals surface area contributed by atoms with Crippen LogP contribution in [0.15, 0.2) is 10.9 Å². The fourth-order valence-electron chi connectivity index (χ4n) is 2.08. The molecule has 2 aliphatic rings. The van der Waals surface area contributed by atoms with Gasteiger partial charge in [0.15, 0.2) is 0 Å². The summed E-state index contributed by atoms with van der Waals surface area (Å²) in [6.45, 7) is 3.74. The maximum atomic E-state index is 11.5.